The van der Waals surface area contributed by atoms with Crippen molar-refractivity contribution in [3.63, 3.8) is 0 Å². The molecule has 7 heteroatoms. The molecule has 0 radical (unpaired) electrons. The minimum atomic E-state index is -0.434. The summed E-state index contributed by atoms with van der Waals surface area (Å²) in [6.45, 7) is 5.65. The van der Waals surface area contributed by atoms with Crippen molar-refractivity contribution in [3.05, 3.63) is 105 Å². The smallest absolute Gasteiger partial charge is 0.339 e. The summed E-state index contributed by atoms with van der Waals surface area (Å²) in [6.07, 6.45) is 7.04. The number of aryl methyl sites for hydroxylation is 1. The van der Waals surface area contributed by atoms with Crippen LogP contribution in [-0.2, 0) is 4.74 Å². The number of fused-ring (bicyclic) bond motifs is 1. The van der Waals surface area contributed by atoms with Crippen molar-refractivity contribution in [1.82, 2.24) is 5.32 Å². The molecular formula is C29H29N3O4. The second-order valence-electron chi connectivity index (χ2n) is 8.75. The fourth-order valence-corrected chi connectivity index (χ4v) is 4.35. The first-order chi connectivity index (χ1) is 17.2. The SMILES string of the molecule is CN/C=C1/C=C(c2oc3c(C(C)Nc4ccccc4C(=O)OC)cc(C)cc3c(=O)c2C)C=CC1=N. The Morgan fingerprint density at radius 3 is 2.64 bits per heavy atom. The molecule has 7 nitrogen and oxygen atoms in total. The van der Waals surface area contributed by atoms with Gasteiger partial charge in [0.1, 0.15) is 11.3 Å². The highest BCUT2D eigenvalue weighted by molar-refractivity contribution is 6.13. The summed E-state index contributed by atoms with van der Waals surface area (Å²) in [6, 6.07) is 10.7. The molecule has 36 heavy (non-hydrogen) atoms. The minimum absolute atomic E-state index is 0.104. The van der Waals surface area contributed by atoms with Gasteiger partial charge < -0.3 is 25.2 Å². The normalized spacial score (nSPS) is 15.1. The second-order valence-corrected chi connectivity index (χ2v) is 8.75. The third-order valence-electron chi connectivity index (χ3n) is 6.18. The van der Waals surface area contributed by atoms with Gasteiger partial charge in [-0.05, 0) is 62.8 Å². The van der Waals surface area contributed by atoms with Crippen molar-refractivity contribution < 1.29 is 13.9 Å². The van der Waals surface area contributed by atoms with E-state index in [-0.39, 0.29) is 11.5 Å². The maximum absolute atomic E-state index is 13.5. The molecular weight excluding hydrogens is 454 g/mol. The monoisotopic (exact) mass is 483 g/mol. The van der Waals surface area contributed by atoms with E-state index in [0.29, 0.717) is 50.4 Å². The number of methoxy groups -OCH3 is 1. The topological polar surface area (TPSA) is 104 Å². The van der Waals surface area contributed by atoms with E-state index in [4.69, 9.17) is 14.6 Å². The lowest BCUT2D eigenvalue weighted by molar-refractivity contribution is 0.0602. The van der Waals surface area contributed by atoms with E-state index in [9.17, 15) is 9.59 Å². The van der Waals surface area contributed by atoms with E-state index in [1.54, 1.807) is 44.5 Å². The number of para-hydroxylation sites is 1. The molecule has 184 valence electrons. The van der Waals surface area contributed by atoms with Gasteiger partial charge in [-0.25, -0.2) is 4.79 Å². The Labute approximate surface area is 209 Å². The van der Waals surface area contributed by atoms with Gasteiger partial charge in [0.05, 0.1) is 29.8 Å². The third kappa shape index (κ3) is 4.60. The number of carbonyl (C=O) groups excluding carboxylic acids is 1. The number of ether oxygens (including phenoxy) is 1. The van der Waals surface area contributed by atoms with Crippen LogP contribution in [0.25, 0.3) is 16.5 Å². The lowest BCUT2D eigenvalue weighted by atomic mass is 9.95. The first-order valence-electron chi connectivity index (χ1n) is 11.6. The molecule has 0 bridgehead atoms. The third-order valence-corrected chi connectivity index (χ3v) is 6.18. The highest BCUT2D eigenvalue weighted by Crippen LogP contribution is 2.33. The summed E-state index contributed by atoms with van der Waals surface area (Å²) < 4.78 is 11.4. The molecule has 1 aliphatic rings. The predicted molar refractivity (Wildman–Crippen MR) is 144 cm³/mol. The molecule has 1 atom stereocenters. The van der Waals surface area contributed by atoms with Gasteiger partial charge >= 0.3 is 5.97 Å². The molecule has 0 saturated carbocycles. The van der Waals surface area contributed by atoms with Crippen LogP contribution < -0.4 is 16.1 Å². The van der Waals surface area contributed by atoms with Gasteiger partial charge in [0.2, 0.25) is 0 Å². The maximum Gasteiger partial charge on any atom is 0.339 e. The molecule has 0 fully saturated rings. The molecule has 1 aromatic heterocycles. The average molecular weight is 484 g/mol. The summed E-state index contributed by atoms with van der Waals surface area (Å²) in [5.41, 5.74) is 5.42. The summed E-state index contributed by atoms with van der Waals surface area (Å²) in [7, 11) is 3.12. The fourth-order valence-electron chi connectivity index (χ4n) is 4.35. The van der Waals surface area contributed by atoms with Crippen LogP contribution in [-0.4, -0.2) is 25.8 Å². The van der Waals surface area contributed by atoms with Crippen molar-refractivity contribution in [2.75, 3.05) is 19.5 Å². The highest BCUT2D eigenvalue weighted by atomic mass is 16.5. The van der Waals surface area contributed by atoms with E-state index in [1.807, 2.05) is 44.2 Å². The molecule has 2 aromatic carbocycles. The fraction of sp³-hybridized carbons (Fsp3) is 0.207. The van der Waals surface area contributed by atoms with Crippen molar-refractivity contribution >= 4 is 33.9 Å². The van der Waals surface area contributed by atoms with Crippen molar-refractivity contribution in [1.29, 1.82) is 5.41 Å². The van der Waals surface area contributed by atoms with Crippen LogP contribution in [0.1, 0.15) is 45.8 Å². The Balaban J connectivity index is 1.87. The van der Waals surface area contributed by atoms with Crippen LogP contribution in [0.3, 0.4) is 0 Å². The zero-order valence-electron chi connectivity index (χ0n) is 21.0. The molecule has 0 spiro atoms. The molecule has 1 unspecified atom stereocenters. The molecule has 1 heterocycles. The van der Waals surface area contributed by atoms with Gasteiger partial charge in [-0.3, -0.25) is 4.79 Å². The van der Waals surface area contributed by atoms with Gasteiger partial charge in [0, 0.05) is 41.2 Å². The second kappa shape index (κ2) is 10.1. The number of esters is 1. The molecule has 0 aliphatic heterocycles. The van der Waals surface area contributed by atoms with Crippen LogP contribution in [0.2, 0.25) is 0 Å². The van der Waals surface area contributed by atoms with E-state index in [1.165, 1.54) is 7.11 Å². The molecule has 4 rings (SSSR count). The molecule has 0 amide bonds. The predicted octanol–water partition coefficient (Wildman–Crippen LogP) is 5.45. The number of rotatable bonds is 6. The van der Waals surface area contributed by atoms with Crippen LogP contribution in [0.5, 0.6) is 0 Å². The van der Waals surface area contributed by atoms with Crippen molar-refractivity contribution in [2.45, 2.75) is 26.8 Å². The zero-order valence-corrected chi connectivity index (χ0v) is 21.0. The number of hydrogen-bond acceptors (Lipinski definition) is 7. The van der Waals surface area contributed by atoms with Crippen molar-refractivity contribution in [2.24, 2.45) is 0 Å². The standard InChI is InChI=1S/C29H29N3O4/c1-16-12-22(18(3)32-25-9-7-6-8-21(25)29(34)35-5)28-23(13-16)26(33)17(2)27(36-28)19-10-11-24(30)20(14-19)15-31-4/h6-15,18,30-32H,1-5H3/b20-15-,30-24?. The largest absolute Gasteiger partial charge is 0.465 e. The summed E-state index contributed by atoms with van der Waals surface area (Å²) in [4.78, 5) is 25.7. The number of benzene rings is 2. The van der Waals surface area contributed by atoms with E-state index in [2.05, 4.69) is 10.6 Å². The van der Waals surface area contributed by atoms with Crippen molar-refractivity contribution in [3.8, 4) is 0 Å². The molecule has 0 saturated heterocycles. The van der Waals surface area contributed by atoms with Crippen LogP contribution in [0.15, 0.2) is 75.6 Å². The minimum Gasteiger partial charge on any atom is -0.465 e. The number of allylic oxidation sites excluding steroid dienone is 5. The van der Waals surface area contributed by atoms with Gasteiger partial charge in [-0.1, -0.05) is 18.2 Å². The van der Waals surface area contributed by atoms with Gasteiger partial charge in [0.15, 0.2) is 5.43 Å². The first-order valence-corrected chi connectivity index (χ1v) is 11.6. The lowest BCUT2D eigenvalue weighted by Crippen LogP contribution is -2.15. The van der Waals surface area contributed by atoms with Crippen LogP contribution in [0, 0.1) is 19.3 Å². The number of nitrogens with one attached hydrogen (secondary N) is 3. The summed E-state index contributed by atoms with van der Waals surface area (Å²) >= 11 is 0. The van der Waals surface area contributed by atoms with E-state index < -0.39 is 5.97 Å². The Bertz CT molecular complexity index is 1530. The number of carbonyl (C=O) groups is 1. The van der Waals surface area contributed by atoms with Crippen LogP contribution in [0.4, 0.5) is 5.69 Å². The lowest BCUT2D eigenvalue weighted by Gasteiger charge is -2.20. The first kappa shape index (κ1) is 24.7. The van der Waals surface area contributed by atoms with Gasteiger partial charge in [-0.15, -0.1) is 0 Å². The number of hydrogen-bond donors (Lipinski definition) is 3. The van der Waals surface area contributed by atoms with Gasteiger partial charge in [-0.2, -0.15) is 0 Å². The van der Waals surface area contributed by atoms with E-state index in [0.717, 1.165) is 11.1 Å². The van der Waals surface area contributed by atoms with E-state index >= 15 is 0 Å². The quantitative estimate of drug-likeness (QED) is 0.403. The summed E-state index contributed by atoms with van der Waals surface area (Å²) in [5.74, 6) is 0.0291. The van der Waals surface area contributed by atoms with Crippen LogP contribution >= 0.6 is 0 Å². The Morgan fingerprint density at radius 2 is 1.92 bits per heavy atom. The summed E-state index contributed by atoms with van der Waals surface area (Å²) in [5, 5.41) is 15.0. The maximum atomic E-state index is 13.5. The van der Waals surface area contributed by atoms with Gasteiger partial charge in [0.25, 0.3) is 0 Å². The number of anilines is 1. The Morgan fingerprint density at radius 1 is 1.17 bits per heavy atom. The zero-order chi connectivity index (χ0) is 26.0. The average Bonchev–Trinajstić information content (AvgIpc) is 2.87. The molecule has 3 aromatic rings. The molecule has 3 N–H and O–H groups in total. The Hall–Kier alpha value is -4.39. The highest BCUT2D eigenvalue weighted by Gasteiger charge is 2.22. The molecule has 1 aliphatic carbocycles. The Kier molecular flexibility index (Phi) is 6.92.